The van der Waals surface area contributed by atoms with Crippen LogP contribution in [-0.4, -0.2) is 31.8 Å². The van der Waals surface area contributed by atoms with Crippen LogP contribution in [0.2, 0.25) is 0 Å². The molecule has 0 aliphatic rings. The van der Waals surface area contributed by atoms with E-state index in [0.29, 0.717) is 6.42 Å². The third kappa shape index (κ3) is 17.6. The summed E-state index contributed by atoms with van der Waals surface area (Å²) in [5.41, 5.74) is 0. The molecule has 2 N–H and O–H groups in total. The fraction of sp³-hybridized carbons (Fsp3) is 0.941. The zero-order valence-corrected chi connectivity index (χ0v) is 15.5. The standard InChI is InChI=1S/C17H35NO4S/c1-2-3-4-5-6-7-8-9-10-11-12-13-14-15-23(21,22)18-16-17(19)20/h18H,2-16H2,1H3,(H,19,20). The molecule has 0 heterocycles. The van der Waals surface area contributed by atoms with E-state index in [0.717, 1.165) is 12.8 Å². The van der Waals surface area contributed by atoms with Gasteiger partial charge < -0.3 is 5.11 Å². The van der Waals surface area contributed by atoms with E-state index < -0.39 is 22.5 Å². The Morgan fingerprint density at radius 1 is 0.783 bits per heavy atom. The number of unbranched alkanes of at least 4 members (excludes halogenated alkanes) is 12. The Balaban J connectivity index is 3.28. The summed E-state index contributed by atoms with van der Waals surface area (Å²) >= 11 is 0. The molecule has 23 heavy (non-hydrogen) atoms. The second kappa shape index (κ2) is 14.9. The van der Waals surface area contributed by atoms with Crippen molar-refractivity contribution in [2.24, 2.45) is 0 Å². The molecule has 0 aromatic rings. The molecule has 0 aliphatic carbocycles. The van der Waals surface area contributed by atoms with E-state index in [1.807, 2.05) is 0 Å². The molecular formula is C17H35NO4S. The molecule has 0 aliphatic heterocycles. The summed E-state index contributed by atoms with van der Waals surface area (Å²) in [7, 11) is -3.42. The smallest absolute Gasteiger partial charge is 0.318 e. The first-order valence-electron chi connectivity index (χ1n) is 9.17. The maximum atomic E-state index is 11.5. The van der Waals surface area contributed by atoms with Crippen LogP contribution >= 0.6 is 0 Å². The summed E-state index contributed by atoms with van der Waals surface area (Å²) in [5.74, 6) is -1.13. The molecule has 0 aromatic heterocycles. The van der Waals surface area contributed by atoms with Crippen LogP contribution < -0.4 is 4.72 Å². The quantitative estimate of drug-likeness (QED) is 0.388. The van der Waals surface area contributed by atoms with Crippen molar-refractivity contribution in [3.05, 3.63) is 0 Å². The molecule has 0 atom stereocenters. The maximum Gasteiger partial charge on any atom is 0.318 e. The lowest BCUT2D eigenvalue weighted by molar-refractivity contribution is -0.135. The first-order chi connectivity index (χ1) is 11.0. The van der Waals surface area contributed by atoms with Crippen molar-refractivity contribution in [1.82, 2.24) is 4.72 Å². The summed E-state index contributed by atoms with van der Waals surface area (Å²) in [6.07, 6.45) is 15.7. The van der Waals surface area contributed by atoms with Crippen LogP contribution in [0.5, 0.6) is 0 Å². The Labute approximate surface area is 142 Å². The largest absolute Gasteiger partial charge is 0.480 e. The number of carboxylic acids is 1. The van der Waals surface area contributed by atoms with Gasteiger partial charge in [-0.3, -0.25) is 4.79 Å². The Morgan fingerprint density at radius 3 is 1.57 bits per heavy atom. The first-order valence-corrected chi connectivity index (χ1v) is 10.8. The normalized spacial score (nSPS) is 11.7. The highest BCUT2D eigenvalue weighted by atomic mass is 32.2. The highest BCUT2D eigenvalue weighted by molar-refractivity contribution is 7.89. The van der Waals surface area contributed by atoms with E-state index in [4.69, 9.17) is 5.11 Å². The average molecular weight is 350 g/mol. The molecule has 0 amide bonds. The first kappa shape index (κ1) is 22.4. The van der Waals surface area contributed by atoms with E-state index in [2.05, 4.69) is 11.6 Å². The van der Waals surface area contributed by atoms with Crippen molar-refractivity contribution in [2.45, 2.75) is 90.4 Å². The van der Waals surface area contributed by atoms with Crippen LogP contribution in [0, 0.1) is 0 Å². The Kier molecular flexibility index (Phi) is 14.5. The number of aliphatic carboxylic acids is 1. The molecule has 138 valence electrons. The second-order valence-corrected chi connectivity index (χ2v) is 8.20. The topological polar surface area (TPSA) is 83.5 Å². The van der Waals surface area contributed by atoms with E-state index in [9.17, 15) is 13.2 Å². The molecule has 0 fully saturated rings. The molecule has 0 aromatic carbocycles. The molecule has 0 spiro atoms. The van der Waals surface area contributed by atoms with E-state index >= 15 is 0 Å². The lowest BCUT2D eigenvalue weighted by Crippen LogP contribution is -2.31. The predicted molar refractivity (Wildman–Crippen MR) is 95.1 cm³/mol. The zero-order chi connectivity index (χ0) is 17.4. The van der Waals surface area contributed by atoms with E-state index in [1.165, 1.54) is 64.2 Å². The summed E-state index contributed by atoms with van der Waals surface area (Å²) in [6, 6.07) is 0. The minimum atomic E-state index is -3.42. The third-order valence-corrected chi connectivity index (χ3v) is 5.37. The third-order valence-electron chi connectivity index (χ3n) is 3.96. The van der Waals surface area contributed by atoms with Gasteiger partial charge >= 0.3 is 5.97 Å². The Bertz CT molecular complexity index is 382. The van der Waals surface area contributed by atoms with Crippen LogP contribution in [0.1, 0.15) is 90.4 Å². The van der Waals surface area contributed by atoms with Crippen LogP contribution in [0.3, 0.4) is 0 Å². The van der Waals surface area contributed by atoms with Gasteiger partial charge in [-0.1, -0.05) is 84.0 Å². The molecule has 0 rings (SSSR count). The van der Waals surface area contributed by atoms with Gasteiger partial charge in [0.1, 0.15) is 6.54 Å². The number of carbonyl (C=O) groups is 1. The summed E-state index contributed by atoms with van der Waals surface area (Å²) in [4.78, 5) is 10.3. The molecule has 5 nitrogen and oxygen atoms in total. The minimum Gasteiger partial charge on any atom is -0.480 e. The SMILES string of the molecule is CCCCCCCCCCCCCCCS(=O)(=O)NCC(=O)O. The fourth-order valence-corrected chi connectivity index (χ4v) is 3.63. The van der Waals surface area contributed by atoms with Gasteiger partial charge in [-0.25, -0.2) is 13.1 Å². The second-order valence-electron chi connectivity index (χ2n) is 6.28. The number of nitrogens with one attached hydrogen (secondary N) is 1. The Morgan fingerprint density at radius 2 is 1.17 bits per heavy atom. The monoisotopic (exact) mass is 349 g/mol. The fourth-order valence-electron chi connectivity index (χ4n) is 2.55. The van der Waals surface area contributed by atoms with Crippen LogP contribution in [0.15, 0.2) is 0 Å². The van der Waals surface area contributed by atoms with Crippen molar-refractivity contribution in [2.75, 3.05) is 12.3 Å². The number of hydrogen-bond acceptors (Lipinski definition) is 3. The maximum absolute atomic E-state index is 11.5. The number of sulfonamides is 1. The lowest BCUT2D eigenvalue weighted by Gasteiger charge is -2.05. The van der Waals surface area contributed by atoms with Gasteiger partial charge in [0.2, 0.25) is 10.0 Å². The minimum absolute atomic E-state index is 0.0258. The molecule has 6 heteroatoms. The van der Waals surface area contributed by atoms with Crippen molar-refractivity contribution in [3.8, 4) is 0 Å². The van der Waals surface area contributed by atoms with E-state index in [-0.39, 0.29) is 5.75 Å². The van der Waals surface area contributed by atoms with Gasteiger partial charge in [-0.2, -0.15) is 0 Å². The average Bonchev–Trinajstić information content (AvgIpc) is 2.50. The van der Waals surface area contributed by atoms with Crippen LogP contribution in [-0.2, 0) is 14.8 Å². The lowest BCUT2D eigenvalue weighted by atomic mass is 10.1. The predicted octanol–water partition coefficient (Wildman–Crippen LogP) is 4.08. The number of rotatable bonds is 17. The zero-order valence-electron chi connectivity index (χ0n) is 14.7. The van der Waals surface area contributed by atoms with Crippen LogP contribution in [0.25, 0.3) is 0 Å². The van der Waals surface area contributed by atoms with Crippen molar-refractivity contribution in [3.63, 3.8) is 0 Å². The molecule has 0 unspecified atom stereocenters. The van der Waals surface area contributed by atoms with Gasteiger partial charge in [0, 0.05) is 0 Å². The van der Waals surface area contributed by atoms with Gasteiger partial charge in [-0.05, 0) is 6.42 Å². The molecular weight excluding hydrogens is 314 g/mol. The highest BCUT2D eigenvalue weighted by Crippen LogP contribution is 2.12. The van der Waals surface area contributed by atoms with Crippen molar-refractivity contribution >= 4 is 16.0 Å². The van der Waals surface area contributed by atoms with Gasteiger partial charge in [-0.15, -0.1) is 0 Å². The highest BCUT2D eigenvalue weighted by Gasteiger charge is 2.10. The summed E-state index contributed by atoms with van der Waals surface area (Å²) in [5, 5.41) is 8.43. The number of hydrogen-bond donors (Lipinski definition) is 2. The van der Waals surface area contributed by atoms with E-state index in [1.54, 1.807) is 0 Å². The molecule has 0 saturated heterocycles. The van der Waals surface area contributed by atoms with Crippen molar-refractivity contribution in [1.29, 1.82) is 0 Å². The number of carboxylic acid groups (broad SMARTS) is 1. The molecule has 0 radical (unpaired) electrons. The van der Waals surface area contributed by atoms with Gasteiger partial charge in [0.05, 0.1) is 5.75 Å². The Hall–Kier alpha value is -0.620. The van der Waals surface area contributed by atoms with Gasteiger partial charge in [0.25, 0.3) is 0 Å². The van der Waals surface area contributed by atoms with Crippen molar-refractivity contribution < 1.29 is 18.3 Å². The molecule has 0 bridgehead atoms. The summed E-state index contributed by atoms with van der Waals surface area (Å²) in [6.45, 7) is 1.71. The van der Waals surface area contributed by atoms with Gasteiger partial charge in [0.15, 0.2) is 0 Å². The summed E-state index contributed by atoms with van der Waals surface area (Å²) < 4.78 is 25.0. The molecule has 0 saturated carbocycles. The van der Waals surface area contributed by atoms with Crippen LogP contribution in [0.4, 0.5) is 0 Å².